The smallest absolute Gasteiger partial charge is 0.0499 e. The highest BCUT2D eigenvalue weighted by molar-refractivity contribution is 4.90. The molecule has 0 aromatic heterocycles. The van der Waals surface area contributed by atoms with Crippen LogP contribution < -0.4 is 0 Å². The van der Waals surface area contributed by atoms with Crippen molar-refractivity contribution in [1.82, 2.24) is 4.90 Å². The Kier molecular flexibility index (Phi) is 4.71. The summed E-state index contributed by atoms with van der Waals surface area (Å²) in [5.41, 5.74) is 0.197. The van der Waals surface area contributed by atoms with E-state index in [1.807, 2.05) is 0 Å². The molecule has 1 aliphatic carbocycles. The Bertz CT molecular complexity index is 268. The Morgan fingerprint density at radius 3 is 2.61 bits per heavy atom. The van der Waals surface area contributed by atoms with E-state index in [1.165, 1.54) is 45.1 Å². The Hall–Kier alpha value is -0.0800. The van der Waals surface area contributed by atoms with Gasteiger partial charge >= 0.3 is 0 Å². The minimum absolute atomic E-state index is 0.197. The lowest BCUT2D eigenvalue weighted by Crippen LogP contribution is -2.50. The molecule has 2 rings (SSSR count). The van der Waals surface area contributed by atoms with Gasteiger partial charge in [0, 0.05) is 24.6 Å². The van der Waals surface area contributed by atoms with Gasteiger partial charge in [0.05, 0.1) is 0 Å². The average Bonchev–Trinajstić information content (AvgIpc) is 2.35. The van der Waals surface area contributed by atoms with Gasteiger partial charge in [-0.25, -0.2) is 0 Å². The zero-order valence-corrected chi connectivity index (χ0v) is 12.5. The summed E-state index contributed by atoms with van der Waals surface area (Å²) >= 11 is 0. The van der Waals surface area contributed by atoms with Gasteiger partial charge in [0.2, 0.25) is 0 Å². The fourth-order valence-electron chi connectivity index (χ4n) is 4.18. The van der Waals surface area contributed by atoms with Crippen molar-refractivity contribution in [3.8, 4) is 0 Å². The molecular formula is C16H31NO. The van der Waals surface area contributed by atoms with Crippen molar-refractivity contribution in [3.63, 3.8) is 0 Å². The highest BCUT2D eigenvalue weighted by atomic mass is 16.3. The lowest BCUT2D eigenvalue weighted by molar-refractivity contribution is -0.00614. The molecule has 106 valence electrons. The van der Waals surface area contributed by atoms with E-state index in [-0.39, 0.29) is 5.41 Å². The van der Waals surface area contributed by atoms with Crippen LogP contribution in [0, 0.1) is 17.3 Å². The zero-order valence-electron chi connectivity index (χ0n) is 12.5. The highest BCUT2D eigenvalue weighted by Crippen LogP contribution is 2.40. The molecule has 1 aliphatic heterocycles. The van der Waals surface area contributed by atoms with E-state index in [0.717, 1.165) is 18.4 Å². The lowest BCUT2D eigenvalue weighted by atomic mass is 9.69. The van der Waals surface area contributed by atoms with Crippen LogP contribution in [0.3, 0.4) is 0 Å². The summed E-state index contributed by atoms with van der Waals surface area (Å²) in [6.45, 7) is 9.86. The van der Waals surface area contributed by atoms with Crippen molar-refractivity contribution >= 4 is 0 Å². The van der Waals surface area contributed by atoms with Crippen molar-refractivity contribution < 1.29 is 5.11 Å². The number of aliphatic hydroxyl groups excluding tert-OH is 1. The molecule has 1 saturated heterocycles. The molecule has 2 aliphatic rings. The van der Waals surface area contributed by atoms with Crippen LogP contribution >= 0.6 is 0 Å². The topological polar surface area (TPSA) is 23.5 Å². The molecule has 1 heterocycles. The molecule has 0 bridgehead atoms. The number of likely N-dealkylation sites (tertiary alicyclic amines) is 1. The quantitative estimate of drug-likeness (QED) is 0.834. The maximum Gasteiger partial charge on any atom is 0.0499 e. The molecule has 1 saturated carbocycles. The zero-order chi connectivity index (χ0) is 13.2. The van der Waals surface area contributed by atoms with Crippen LogP contribution in [0.15, 0.2) is 0 Å². The minimum Gasteiger partial charge on any atom is -0.396 e. The van der Waals surface area contributed by atoms with Gasteiger partial charge in [-0.3, -0.25) is 4.90 Å². The van der Waals surface area contributed by atoms with Crippen LogP contribution in [-0.4, -0.2) is 35.7 Å². The second kappa shape index (κ2) is 5.92. The first kappa shape index (κ1) is 14.3. The second-order valence-corrected chi connectivity index (χ2v) is 7.19. The molecule has 0 spiro atoms. The normalized spacial score (nSPS) is 43.0. The number of nitrogens with zero attached hydrogens (tertiary/aromatic N) is 1. The summed E-state index contributed by atoms with van der Waals surface area (Å²) in [6.07, 6.45) is 7.82. The number of hydrogen-bond donors (Lipinski definition) is 1. The highest BCUT2D eigenvalue weighted by Gasteiger charge is 2.38. The molecule has 4 unspecified atom stereocenters. The average molecular weight is 253 g/mol. The Labute approximate surface area is 113 Å². The molecule has 0 amide bonds. The molecule has 0 radical (unpaired) electrons. The predicted molar refractivity (Wildman–Crippen MR) is 76.6 cm³/mol. The second-order valence-electron chi connectivity index (χ2n) is 7.19. The lowest BCUT2D eigenvalue weighted by Gasteiger charge is -2.46. The predicted octanol–water partition coefficient (Wildman–Crippen LogP) is 3.30. The van der Waals surface area contributed by atoms with Gasteiger partial charge in [-0.05, 0) is 51.0 Å². The molecular weight excluding hydrogens is 222 g/mol. The third-order valence-electron chi connectivity index (χ3n) is 5.56. The standard InChI is InChI=1S/C16H31NO/c1-13-6-4-8-16(10-13,12-18)11-17-9-5-7-14(2)15(17)3/h13-15,18H,4-12H2,1-3H3. The van der Waals surface area contributed by atoms with E-state index in [0.29, 0.717) is 12.6 Å². The monoisotopic (exact) mass is 253 g/mol. The van der Waals surface area contributed by atoms with Crippen molar-refractivity contribution in [1.29, 1.82) is 0 Å². The van der Waals surface area contributed by atoms with Crippen LogP contribution in [-0.2, 0) is 0 Å². The van der Waals surface area contributed by atoms with E-state index in [4.69, 9.17) is 0 Å². The van der Waals surface area contributed by atoms with Crippen molar-refractivity contribution in [2.24, 2.45) is 17.3 Å². The summed E-state index contributed by atoms with van der Waals surface area (Å²) in [5, 5.41) is 9.92. The van der Waals surface area contributed by atoms with Gasteiger partial charge in [0.1, 0.15) is 0 Å². The van der Waals surface area contributed by atoms with Crippen molar-refractivity contribution in [2.45, 2.75) is 65.3 Å². The fourth-order valence-corrected chi connectivity index (χ4v) is 4.18. The Balaban J connectivity index is 2.00. The van der Waals surface area contributed by atoms with Crippen LogP contribution in [0.2, 0.25) is 0 Å². The number of aliphatic hydroxyl groups is 1. The maximum atomic E-state index is 9.92. The number of rotatable bonds is 3. The van der Waals surface area contributed by atoms with E-state index < -0.39 is 0 Å². The third-order valence-corrected chi connectivity index (χ3v) is 5.56. The summed E-state index contributed by atoms with van der Waals surface area (Å²) in [7, 11) is 0. The van der Waals surface area contributed by atoms with Crippen LogP contribution in [0.5, 0.6) is 0 Å². The molecule has 1 N–H and O–H groups in total. The van der Waals surface area contributed by atoms with Gasteiger partial charge in [-0.2, -0.15) is 0 Å². The minimum atomic E-state index is 0.197. The molecule has 2 nitrogen and oxygen atoms in total. The Morgan fingerprint density at radius 1 is 1.17 bits per heavy atom. The summed E-state index contributed by atoms with van der Waals surface area (Å²) in [6, 6.07) is 0.694. The van der Waals surface area contributed by atoms with Gasteiger partial charge < -0.3 is 5.11 Å². The summed E-state index contributed by atoms with van der Waals surface area (Å²) in [5.74, 6) is 1.61. The van der Waals surface area contributed by atoms with Gasteiger partial charge in [-0.1, -0.05) is 26.7 Å². The van der Waals surface area contributed by atoms with Crippen LogP contribution in [0.25, 0.3) is 0 Å². The van der Waals surface area contributed by atoms with Crippen molar-refractivity contribution in [3.05, 3.63) is 0 Å². The largest absolute Gasteiger partial charge is 0.396 e. The maximum absolute atomic E-state index is 9.92. The SMILES string of the molecule is CC1CCCC(CO)(CN2CCCC(C)C2C)C1. The first-order chi connectivity index (χ1) is 8.56. The number of hydrogen-bond acceptors (Lipinski definition) is 2. The summed E-state index contributed by atoms with van der Waals surface area (Å²) in [4.78, 5) is 2.66. The molecule has 2 heteroatoms. The molecule has 4 atom stereocenters. The molecule has 0 aromatic rings. The van der Waals surface area contributed by atoms with Crippen molar-refractivity contribution in [2.75, 3.05) is 19.7 Å². The first-order valence-electron chi connectivity index (χ1n) is 7.91. The van der Waals surface area contributed by atoms with Crippen LogP contribution in [0.1, 0.15) is 59.3 Å². The Morgan fingerprint density at radius 2 is 1.94 bits per heavy atom. The van der Waals surface area contributed by atoms with Gasteiger partial charge in [0.15, 0.2) is 0 Å². The fraction of sp³-hybridized carbons (Fsp3) is 1.00. The number of piperidine rings is 1. The van der Waals surface area contributed by atoms with E-state index in [2.05, 4.69) is 25.7 Å². The van der Waals surface area contributed by atoms with E-state index in [9.17, 15) is 5.11 Å². The van der Waals surface area contributed by atoms with Crippen LogP contribution in [0.4, 0.5) is 0 Å². The first-order valence-corrected chi connectivity index (χ1v) is 7.91. The third kappa shape index (κ3) is 3.08. The summed E-state index contributed by atoms with van der Waals surface area (Å²) < 4.78 is 0. The van der Waals surface area contributed by atoms with E-state index >= 15 is 0 Å². The van der Waals surface area contributed by atoms with Gasteiger partial charge in [0.25, 0.3) is 0 Å². The molecule has 0 aromatic carbocycles. The van der Waals surface area contributed by atoms with Gasteiger partial charge in [-0.15, -0.1) is 0 Å². The molecule has 18 heavy (non-hydrogen) atoms. The molecule has 2 fully saturated rings. The van der Waals surface area contributed by atoms with E-state index in [1.54, 1.807) is 0 Å².